The summed E-state index contributed by atoms with van der Waals surface area (Å²) >= 11 is 0. The van der Waals surface area contributed by atoms with Crippen LogP contribution in [0.3, 0.4) is 0 Å². The molecule has 1 amide bonds. The Morgan fingerprint density at radius 3 is 2.47 bits per heavy atom. The Bertz CT molecular complexity index is 387. The quantitative estimate of drug-likeness (QED) is 0.794. The van der Waals surface area contributed by atoms with E-state index in [9.17, 15) is 14.7 Å². The summed E-state index contributed by atoms with van der Waals surface area (Å²) < 4.78 is 5.37. The summed E-state index contributed by atoms with van der Waals surface area (Å²) in [6.07, 6.45) is 3.09. The van der Waals surface area contributed by atoms with Crippen LogP contribution in [0.1, 0.15) is 46.5 Å². The molecule has 1 heterocycles. The SMILES string of the molecule is CC(C)(C)OC(=O)N1CCC[C@]2(CC[C@@H]2C(=O)O)C1. The van der Waals surface area contributed by atoms with Gasteiger partial charge in [0, 0.05) is 18.5 Å². The fourth-order valence-corrected chi connectivity index (χ4v) is 3.21. The van der Waals surface area contributed by atoms with Crippen LogP contribution < -0.4 is 0 Å². The lowest BCUT2D eigenvalue weighted by Gasteiger charge is -2.52. The Morgan fingerprint density at radius 1 is 1.32 bits per heavy atom. The molecular formula is C14H23NO4. The molecule has 19 heavy (non-hydrogen) atoms. The Balaban J connectivity index is 2.02. The fourth-order valence-electron chi connectivity index (χ4n) is 3.21. The van der Waals surface area contributed by atoms with Crippen LogP contribution in [0.5, 0.6) is 0 Å². The van der Waals surface area contributed by atoms with Gasteiger partial charge in [0.25, 0.3) is 0 Å². The molecule has 2 atom stereocenters. The summed E-state index contributed by atoms with van der Waals surface area (Å²) in [5.41, 5.74) is -0.714. The Kier molecular flexibility index (Phi) is 3.49. The van der Waals surface area contributed by atoms with Gasteiger partial charge in [-0.1, -0.05) is 0 Å². The molecule has 2 aliphatic rings. The number of likely N-dealkylation sites (tertiary alicyclic amines) is 1. The first-order valence-electron chi connectivity index (χ1n) is 6.94. The third kappa shape index (κ3) is 2.85. The molecule has 2 rings (SSSR count). The smallest absolute Gasteiger partial charge is 0.410 e. The Hall–Kier alpha value is -1.26. The van der Waals surface area contributed by atoms with Crippen molar-refractivity contribution in [3.05, 3.63) is 0 Å². The second-order valence-corrected chi connectivity index (χ2v) is 6.80. The maximum Gasteiger partial charge on any atom is 0.410 e. The number of piperidine rings is 1. The largest absolute Gasteiger partial charge is 0.481 e. The van der Waals surface area contributed by atoms with Crippen molar-refractivity contribution in [2.45, 2.75) is 52.1 Å². The third-order valence-electron chi connectivity index (χ3n) is 4.23. The van der Waals surface area contributed by atoms with Gasteiger partial charge in [-0.2, -0.15) is 0 Å². The minimum absolute atomic E-state index is 0.207. The minimum Gasteiger partial charge on any atom is -0.481 e. The average Bonchev–Trinajstić information content (AvgIpc) is 2.24. The van der Waals surface area contributed by atoms with Gasteiger partial charge in [-0.3, -0.25) is 4.79 Å². The maximum absolute atomic E-state index is 12.1. The third-order valence-corrected chi connectivity index (χ3v) is 4.23. The van der Waals surface area contributed by atoms with Crippen LogP contribution in [-0.2, 0) is 9.53 Å². The van der Waals surface area contributed by atoms with Gasteiger partial charge < -0.3 is 14.7 Å². The first-order valence-corrected chi connectivity index (χ1v) is 6.94. The number of carboxylic acids is 1. The zero-order valence-electron chi connectivity index (χ0n) is 11.9. The number of carbonyl (C=O) groups is 2. The Morgan fingerprint density at radius 2 is 2.00 bits per heavy atom. The van der Waals surface area contributed by atoms with E-state index < -0.39 is 11.6 Å². The summed E-state index contributed by atoms with van der Waals surface area (Å²) in [5, 5.41) is 9.23. The van der Waals surface area contributed by atoms with Gasteiger partial charge in [0.1, 0.15) is 5.60 Å². The molecule has 0 aromatic rings. The van der Waals surface area contributed by atoms with Crippen molar-refractivity contribution in [1.29, 1.82) is 0 Å². The number of ether oxygens (including phenoxy) is 1. The van der Waals surface area contributed by atoms with Crippen molar-refractivity contribution in [1.82, 2.24) is 4.90 Å². The monoisotopic (exact) mass is 269 g/mol. The number of hydrogen-bond donors (Lipinski definition) is 1. The molecule has 2 fully saturated rings. The van der Waals surface area contributed by atoms with Crippen molar-refractivity contribution >= 4 is 12.1 Å². The molecule has 1 aliphatic heterocycles. The number of carboxylic acid groups (broad SMARTS) is 1. The highest BCUT2D eigenvalue weighted by molar-refractivity contribution is 5.73. The minimum atomic E-state index is -0.725. The van der Waals surface area contributed by atoms with Crippen LogP contribution in [0.4, 0.5) is 4.79 Å². The van der Waals surface area contributed by atoms with Crippen LogP contribution >= 0.6 is 0 Å². The number of amides is 1. The predicted molar refractivity (Wildman–Crippen MR) is 69.8 cm³/mol. The standard InChI is InChI=1S/C14H23NO4/c1-13(2,3)19-12(18)15-8-4-6-14(9-15)7-5-10(14)11(16)17/h10H,4-9H2,1-3H3,(H,16,17)/t10-,14+/m1/s1. The first kappa shape index (κ1) is 14.2. The number of nitrogens with zero attached hydrogens (tertiary/aromatic N) is 1. The second kappa shape index (κ2) is 4.69. The molecule has 1 saturated carbocycles. The number of carbonyl (C=O) groups excluding carboxylic acids is 1. The van der Waals surface area contributed by atoms with E-state index in [2.05, 4.69) is 0 Å². The number of hydrogen-bond acceptors (Lipinski definition) is 3. The molecular weight excluding hydrogens is 246 g/mol. The van der Waals surface area contributed by atoms with Crippen LogP contribution in [-0.4, -0.2) is 40.8 Å². The summed E-state index contributed by atoms with van der Waals surface area (Å²) in [5.74, 6) is -1.02. The summed E-state index contributed by atoms with van der Waals surface area (Å²) in [6, 6.07) is 0. The summed E-state index contributed by atoms with van der Waals surface area (Å²) in [7, 11) is 0. The van der Waals surface area contributed by atoms with Crippen molar-refractivity contribution in [3.63, 3.8) is 0 Å². The molecule has 0 radical (unpaired) electrons. The highest BCUT2D eigenvalue weighted by Gasteiger charge is 2.53. The van der Waals surface area contributed by atoms with E-state index in [0.29, 0.717) is 13.1 Å². The molecule has 108 valence electrons. The second-order valence-electron chi connectivity index (χ2n) is 6.80. The maximum atomic E-state index is 12.1. The van der Waals surface area contributed by atoms with Crippen molar-refractivity contribution in [2.24, 2.45) is 11.3 Å². The number of aliphatic carboxylic acids is 1. The summed E-state index contributed by atoms with van der Waals surface area (Å²) in [4.78, 5) is 25.0. The van der Waals surface area contributed by atoms with Gasteiger partial charge in [-0.15, -0.1) is 0 Å². The van der Waals surface area contributed by atoms with Gasteiger partial charge in [-0.25, -0.2) is 4.79 Å². The molecule has 5 nitrogen and oxygen atoms in total. The highest BCUT2D eigenvalue weighted by atomic mass is 16.6. The van der Waals surface area contributed by atoms with Crippen molar-refractivity contribution in [2.75, 3.05) is 13.1 Å². The van der Waals surface area contributed by atoms with Gasteiger partial charge in [0.05, 0.1) is 5.92 Å². The molecule has 0 aromatic heterocycles. The van der Waals surface area contributed by atoms with Crippen molar-refractivity contribution < 1.29 is 19.4 Å². The molecule has 1 spiro atoms. The van der Waals surface area contributed by atoms with Gasteiger partial charge in [-0.05, 0) is 46.5 Å². The van der Waals surface area contributed by atoms with E-state index in [-0.39, 0.29) is 17.4 Å². The van der Waals surface area contributed by atoms with E-state index in [1.54, 1.807) is 4.90 Å². The normalized spacial score (nSPS) is 30.9. The van der Waals surface area contributed by atoms with Crippen molar-refractivity contribution in [3.8, 4) is 0 Å². The average molecular weight is 269 g/mol. The molecule has 0 unspecified atom stereocenters. The zero-order chi connectivity index (χ0) is 14.3. The van der Waals surface area contributed by atoms with E-state index in [4.69, 9.17) is 4.74 Å². The van der Waals surface area contributed by atoms with Gasteiger partial charge >= 0.3 is 12.1 Å². The fraction of sp³-hybridized carbons (Fsp3) is 0.857. The van der Waals surface area contributed by atoms with E-state index in [1.165, 1.54) is 0 Å². The summed E-state index contributed by atoms with van der Waals surface area (Å²) in [6.45, 7) is 6.72. The van der Waals surface area contributed by atoms with E-state index in [1.807, 2.05) is 20.8 Å². The molecule has 0 aromatic carbocycles. The first-order chi connectivity index (χ1) is 8.73. The predicted octanol–water partition coefficient (Wildman–Crippen LogP) is 2.50. The lowest BCUT2D eigenvalue weighted by Crippen LogP contribution is -2.56. The van der Waals surface area contributed by atoms with Crippen LogP contribution in [0.2, 0.25) is 0 Å². The molecule has 1 saturated heterocycles. The lowest BCUT2D eigenvalue weighted by molar-refractivity contribution is -0.158. The molecule has 1 N–H and O–H groups in total. The van der Waals surface area contributed by atoms with Crippen LogP contribution in [0, 0.1) is 11.3 Å². The van der Waals surface area contributed by atoms with Gasteiger partial charge in [0.2, 0.25) is 0 Å². The lowest BCUT2D eigenvalue weighted by atomic mass is 9.56. The van der Waals surface area contributed by atoms with Crippen LogP contribution in [0.25, 0.3) is 0 Å². The van der Waals surface area contributed by atoms with E-state index >= 15 is 0 Å². The molecule has 1 aliphatic carbocycles. The topological polar surface area (TPSA) is 66.8 Å². The highest BCUT2D eigenvalue weighted by Crippen LogP contribution is 2.52. The Labute approximate surface area is 113 Å². The van der Waals surface area contributed by atoms with Crippen LogP contribution in [0.15, 0.2) is 0 Å². The molecule has 5 heteroatoms. The molecule has 0 bridgehead atoms. The zero-order valence-corrected chi connectivity index (χ0v) is 11.9. The number of rotatable bonds is 1. The van der Waals surface area contributed by atoms with E-state index in [0.717, 1.165) is 25.7 Å². The van der Waals surface area contributed by atoms with Gasteiger partial charge in [0.15, 0.2) is 0 Å².